The third-order valence-electron chi connectivity index (χ3n) is 4.83. The van der Waals surface area contributed by atoms with Crippen LogP contribution in [-0.4, -0.2) is 48.7 Å². The van der Waals surface area contributed by atoms with Gasteiger partial charge in [0.05, 0.1) is 6.10 Å². The van der Waals surface area contributed by atoms with Gasteiger partial charge >= 0.3 is 0 Å². The molecule has 1 amide bonds. The number of carbonyl (C=O) groups excluding carboxylic acids is 1. The highest BCUT2D eigenvalue weighted by atomic mass is 16.5. The topological polar surface area (TPSA) is 41.6 Å². The van der Waals surface area contributed by atoms with E-state index in [0.29, 0.717) is 36.4 Å². The summed E-state index contributed by atoms with van der Waals surface area (Å²) in [6.07, 6.45) is 6.99. The summed E-state index contributed by atoms with van der Waals surface area (Å²) < 4.78 is 5.58. The summed E-state index contributed by atoms with van der Waals surface area (Å²) >= 11 is 0. The quantitative estimate of drug-likeness (QED) is 0.785. The summed E-state index contributed by atoms with van der Waals surface area (Å²) in [5.74, 6) is 0.868. The second-order valence-electron chi connectivity index (χ2n) is 6.91. The van der Waals surface area contributed by atoms with Gasteiger partial charge in [-0.25, -0.2) is 0 Å². The van der Waals surface area contributed by atoms with Crippen LogP contribution in [0.15, 0.2) is 0 Å². The smallest absolute Gasteiger partial charge is 0.223 e. The van der Waals surface area contributed by atoms with Crippen molar-refractivity contribution in [2.75, 3.05) is 19.7 Å². The molecule has 21 heavy (non-hydrogen) atoms. The number of hydrogen-bond acceptors (Lipinski definition) is 3. The second-order valence-corrected chi connectivity index (χ2v) is 6.91. The number of hydrogen-bond donors (Lipinski definition) is 1. The maximum Gasteiger partial charge on any atom is 0.223 e. The number of nitrogens with one attached hydrogen (secondary N) is 1. The Balaban J connectivity index is 1.76. The van der Waals surface area contributed by atoms with Crippen LogP contribution < -0.4 is 5.32 Å². The molecule has 0 aromatic heterocycles. The maximum atomic E-state index is 12.6. The molecule has 2 rings (SSSR count). The lowest BCUT2D eigenvalue weighted by Crippen LogP contribution is -2.49. The van der Waals surface area contributed by atoms with Gasteiger partial charge in [0.15, 0.2) is 0 Å². The van der Waals surface area contributed by atoms with Crippen LogP contribution in [-0.2, 0) is 9.53 Å². The van der Waals surface area contributed by atoms with E-state index in [2.05, 4.69) is 24.1 Å². The largest absolute Gasteiger partial charge is 0.378 e. The number of piperidine rings is 1. The summed E-state index contributed by atoms with van der Waals surface area (Å²) in [4.78, 5) is 14.7. The normalized spacial score (nSPS) is 29.2. The molecular formula is C17H32N2O2. The van der Waals surface area contributed by atoms with Crippen LogP contribution in [0.2, 0.25) is 0 Å². The van der Waals surface area contributed by atoms with Crippen molar-refractivity contribution in [3.63, 3.8) is 0 Å². The van der Waals surface area contributed by atoms with E-state index < -0.39 is 0 Å². The van der Waals surface area contributed by atoms with Crippen LogP contribution in [0.5, 0.6) is 0 Å². The molecular weight excluding hydrogens is 264 g/mol. The maximum absolute atomic E-state index is 12.6. The van der Waals surface area contributed by atoms with Crippen LogP contribution in [0, 0.1) is 5.92 Å². The van der Waals surface area contributed by atoms with Crippen molar-refractivity contribution in [2.45, 2.75) is 77.5 Å². The van der Waals surface area contributed by atoms with Gasteiger partial charge in [-0.05, 0) is 58.9 Å². The molecule has 1 unspecified atom stereocenters. The number of rotatable bonds is 7. The SMILES string of the molecule is CCOC1CC(CC(=O)N(CC2CCCCN2)C(C)C)C1. The van der Waals surface area contributed by atoms with Crippen LogP contribution in [0.1, 0.15) is 59.3 Å². The highest BCUT2D eigenvalue weighted by Crippen LogP contribution is 2.33. The van der Waals surface area contributed by atoms with Crippen LogP contribution in [0.3, 0.4) is 0 Å². The van der Waals surface area contributed by atoms with Crippen LogP contribution >= 0.6 is 0 Å². The second kappa shape index (κ2) is 8.14. The number of ether oxygens (including phenoxy) is 1. The molecule has 0 bridgehead atoms. The van der Waals surface area contributed by atoms with E-state index in [4.69, 9.17) is 4.74 Å². The molecule has 1 aliphatic carbocycles. The molecule has 1 atom stereocenters. The first-order valence-electron chi connectivity index (χ1n) is 8.74. The predicted octanol–water partition coefficient (Wildman–Crippen LogP) is 2.57. The van der Waals surface area contributed by atoms with Gasteiger partial charge in [-0.2, -0.15) is 0 Å². The van der Waals surface area contributed by atoms with Crippen molar-refractivity contribution in [1.82, 2.24) is 10.2 Å². The van der Waals surface area contributed by atoms with Crippen LogP contribution in [0.25, 0.3) is 0 Å². The summed E-state index contributed by atoms with van der Waals surface area (Å²) in [6.45, 7) is 9.06. The molecule has 1 saturated carbocycles. The molecule has 4 nitrogen and oxygen atoms in total. The Labute approximate surface area is 129 Å². The van der Waals surface area contributed by atoms with Gasteiger partial charge in [0.25, 0.3) is 0 Å². The van der Waals surface area contributed by atoms with Crippen molar-refractivity contribution < 1.29 is 9.53 Å². The van der Waals surface area contributed by atoms with Gasteiger partial charge in [-0.3, -0.25) is 4.79 Å². The minimum Gasteiger partial charge on any atom is -0.378 e. The molecule has 1 saturated heterocycles. The first-order valence-corrected chi connectivity index (χ1v) is 8.74. The van der Waals surface area contributed by atoms with Gasteiger partial charge in [0.2, 0.25) is 5.91 Å². The molecule has 4 heteroatoms. The van der Waals surface area contributed by atoms with Crippen LogP contribution in [0.4, 0.5) is 0 Å². The zero-order valence-electron chi connectivity index (χ0n) is 13.9. The molecule has 122 valence electrons. The monoisotopic (exact) mass is 296 g/mol. The lowest BCUT2D eigenvalue weighted by molar-refractivity contribution is -0.136. The first kappa shape index (κ1) is 16.8. The summed E-state index contributed by atoms with van der Waals surface area (Å²) in [5, 5.41) is 3.55. The zero-order valence-corrected chi connectivity index (χ0v) is 13.9. The highest BCUT2D eigenvalue weighted by molar-refractivity contribution is 5.77. The molecule has 0 aromatic carbocycles. The van der Waals surface area contributed by atoms with Crippen molar-refractivity contribution in [3.05, 3.63) is 0 Å². The zero-order chi connectivity index (χ0) is 15.2. The average Bonchev–Trinajstić information content (AvgIpc) is 2.43. The van der Waals surface area contributed by atoms with E-state index in [1.807, 2.05) is 6.92 Å². The van der Waals surface area contributed by atoms with E-state index >= 15 is 0 Å². The Kier molecular flexibility index (Phi) is 6.49. The molecule has 0 radical (unpaired) electrons. The fourth-order valence-corrected chi connectivity index (χ4v) is 3.50. The molecule has 2 aliphatic rings. The molecule has 1 aliphatic heterocycles. The molecule has 1 N–H and O–H groups in total. The number of carbonyl (C=O) groups is 1. The Bertz CT molecular complexity index is 321. The third-order valence-corrected chi connectivity index (χ3v) is 4.83. The molecule has 0 aromatic rings. The molecule has 1 heterocycles. The Morgan fingerprint density at radius 3 is 2.67 bits per heavy atom. The van der Waals surface area contributed by atoms with E-state index in [9.17, 15) is 4.79 Å². The first-order chi connectivity index (χ1) is 10.1. The van der Waals surface area contributed by atoms with E-state index in [1.165, 1.54) is 19.3 Å². The molecule has 0 spiro atoms. The average molecular weight is 296 g/mol. The Morgan fingerprint density at radius 1 is 1.33 bits per heavy atom. The number of amides is 1. The van der Waals surface area contributed by atoms with Crippen molar-refractivity contribution in [3.8, 4) is 0 Å². The third kappa shape index (κ3) is 4.96. The fourth-order valence-electron chi connectivity index (χ4n) is 3.50. The summed E-state index contributed by atoms with van der Waals surface area (Å²) in [6, 6.07) is 0.784. The lowest BCUT2D eigenvalue weighted by Gasteiger charge is -2.38. The van der Waals surface area contributed by atoms with Gasteiger partial charge in [-0.15, -0.1) is 0 Å². The highest BCUT2D eigenvalue weighted by Gasteiger charge is 2.33. The fraction of sp³-hybridized carbons (Fsp3) is 0.941. The summed E-state index contributed by atoms with van der Waals surface area (Å²) in [5.41, 5.74) is 0. The standard InChI is InChI=1S/C17H32N2O2/c1-4-21-16-9-14(10-16)11-17(20)19(13(2)3)12-15-7-5-6-8-18-15/h13-16,18H,4-12H2,1-3H3. The predicted molar refractivity (Wildman–Crippen MR) is 85.2 cm³/mol. The van der Waals surface area contributed by atoms with E-state index in [0.717, 1.165) is 32.5 Å². The minimum absolute atomic E-state index is 0.295. The molecule has 2 fully saturated rings. The van der Waals surface area contributed by atoms with Gasteiger partial charge in [0.1, 0.15) is 0 Å². The lowest BCUT2D eigenvalue weighted by atomic mass is 9.79. The van der Waals surface area contributed by atoms with Gasteiger partial charge < -0.3 is 15.0 Å². The van der Waals surface area contributed by atoms with Crippen molar-refractivity contribution >= 4 is 5.91 Å². The Morgan fingerprint density at radius 2 is 2.10 bits per heavy atom. The van der Waals surface area contributed by atoms with Gasteiger partial charge in [-0.1, -0.05) is 6.42 Å². The minimum atomic E-state index is 0.295. The Hall–Kier alpha value is -0.610. The summed E-state index contributed by atoms with van der Waals surface area (Å²) in [7, 11) is 0. The van der Waals surface area contributed by atoms with Crippen molar-refractivity contribution in [1.29, 1.82) is 0 Å². The van der Waals surface area contributed by atoms with Crippen molar-refractivity contribution in [2.24, 2.45) is 5.92 Å². The van der Waals surface area contributed by atoms with E-state index in [1.54, 1.807) is 0 Å². The van der Waals surface area contributed by atoms with Gasteiger partial charge in [0, 0.05) is 31.7 Å². The van der Waals surface area contributed by atoms with E-state index in [-0.39, 0.29) is 0 Å². The number of nitrogens with zero attached hydrogens (tertiary/aromatic N) is 1.